The van der Waals surface area contributed by atoms with E-state index < -0.39 is 5.91 Å². The number of amides is 1. The van der Waals surface area contributed by atoms with E-state index in [2.05, 4.69) is 15.0 Å². The Morgan fingerprint density at radius 1 is 1.03 bits per heavy atom. The first-order chi connectivity index (χ1) is 13.9. The number of aromatic amines is 1. The van der Waals surface area contributed by atoms with Crippen molar-refractivity contribution in [3.8, 4) is 0 Å². The number of halogens is 2. The number of amidine groups is 1. The number of hydrogen-bond donors (Lipinski definition) is 1. The summed E-state index contributed by atoms with van der Waals surface area (Å²) in [6.07, 6.45) is 1.58. The lowest BCUT2D eigenvalue weighted by Gasteiger charge is -2.17. The van der Waals surface area contributed by atoms with Crippen molar-refractivity contribution in [3.63, 3.8) is 0 Å². The number of carbonyl (C=O) groups excluding carboxylic acids is 1. The molecule has 2 heterocycles. The molecule has 0 bridgehead atoms. The van der Waals surface area contributed by atoms with Crippen LogP contribution in [0.2, 0.25) is 10.0 Å². The summed E-state index contributed by atoms with van der Waals surface area (Å²) in [6, 6.07) is 15.5. The highest BCUT2D eigenvalue weighted by atomic mass is 35.5. The van der Waals surface area contributed by atoms with Crippen molar-refractivity contribution in [1.29, 1.82) is 0 Å². The molecule has 0 saturated carbocycles. The third kappa shape index (κ3) is 3.85. The number of benzene rings is 2. The van der Waals surface area contributed by atoms with Crippen LogP contribution in [-0.4, -0.2) is 21.7 Å². The van der Waals surface area contributed by atoms with E-state index in [4.69, 9.17) is 23.2 Å². The maximum atomic E-state index is 13.2. The zero-order valence-electron chi connectivity index (χ0n) is 15.2. The van der Waals surface area contributed by atoms with E-state index in [-0.39, 0.29) is 17.2 Å². The number of nitrogens with zero attached hydrogens (tertiary/aromatic N) is 3. The zero-order chi connectivity index (χ0) is 20.5. The number of H-pyrrole nitrogens is 1. The Morgan fingerprint density at radius 2 is 1.79 bits per heavy atom. The van der Waals surface area contributed by atoms with E-state index in [1.165, 1.54) is 11.0 Å². The monoisotopic (exact) mass is 424 g/mol. The Labute approximate surface area is 176 Å². The lowest BCUT2D eigenvalue weighted by atomic mass is 10.2. The van der Waals surface area contributed by atoms with Gasteiger partial charge >= 0.3 is 0 Å². The van der Waals surface area contributed by atoms with Crippen LogP contribution in [0.3, 0.4) is 0 Å². The van der Waals surface area contributed by atoms with Crippen molar-refractivity contribution >= 4 is 47.0 Å². The Hall–Kier alpha value is -3.22. The van der Waals surface area contributed by atoms with Gasteiger partial charge in [-0.1, -0.05) is 59.6 Å². The number of carbonyl (C=O) groups is 1. The van der Waals surface area contributed by atoms with Crippen LogP contribution in [0.4, 0.5) is 5.95 Å². The standard InChI is InChI=1S/C21H14Cl2N4O2/c1-12-9-18(28)26-21(24-12)27-19(13-5-3-2-4-6-13)25-17(20(27)29)10-14-7-8-15(22)11-16(14)23/h2-11H,1H3,(H,24,26,28)/b17-10+. The summed E-state index contributed by atoms with van der Waals surface area (Å²) in [4.78, 5) is 37.9. The van der Waals surface area contributed by atoms with Gasteiger partial charge in [-0.05, 0) is 30.7 Å². The van der Waals surface area contributed by atoms with Crippen LogP contribution in [-0.2, 0) is 4.79 Å². The van der Waals surface area contributed by atoms with E-state index >= 15 is 0 Å². The van der Waals surface area contributed by atoms with Gasteiger partial charge in [0.25, 0.3) is 11.5 Å². The summed E-state index contributed by atoms with van der Waals surface area (Å²) >= 11 is 12.2. The smallest absolute Gasteiger partial charge is 0.285 e. The fourth-order valence-corrected chi connectivity index (χ4v) is 3.39. The summed E-state index contributed by atoms with van der Waals surface area (Å²) in [5.74, 6) is 0.0394. The third-order valence-corrected chi connectivity index (χ3v) is 4.78. The molecule has 0 aliphatic carbocycles. The van der Waals surface area contributed by atoms with Crippen LogP contribution in [0.15, 0.2) is 70.1 Å². The van der Waals surface area contributed by atoms with Gasteiger partial charge in [-0.15, -0.1) is 0 Å². The zero-order valence-corrected chi connectivity index (χ0v) is 16.7. The second-order valence-corrected chi connectivity index (χ2v) is 7.19. The summed E-state index contributed by atoms with van der Waals surface area (Å²) in [6.45, 7) is 1.68. The third-order valence-electron chi connectivity index (χ3n) is 4.22. The van der Waals surface area contributed by atoms with Crippen molar-refractivity contribution in [1.82, 2.24) is 9.97 Å². The molecule has 1 N–H and O–H groups in total. The summed E-state index contributed by atoms with van der Waals surface area (Å²) in [5, 5.41) is 0.890. The molecule has 0 radical (unpaired) electrons. The number of anilines is 1. The molecule has 0 spiro atoms. The van der Waals surface area contributed by atoms with Gasteiger partial charge in [-0.2, -0.15) is 0 Å². The molecule has 0 fully saturated rings. The normalized spacial score (nSPS) is 15.1. The fraction of sp³-hybridized carbons (Fsp3) is 0.0476. The second-order valence-electron chi connectivity index (χ2n) is 6.35. The van der Waals surface area contributed by atoms with Gasteiger partial charge < -0.3 is 0 Å². The molecule has 1 amide bonds. The first kappa shape index (κ1) is 19.1. The number of rotatable bonds is 3. The van der Waals surface area contributed by atoms with Crippen LogP contribution < -0.4 is 10.5 Å². The Kier molecular flexibility index (Phi) is 5.05. The molecule has 1 aliphatic rings. The van der Waals surface area contributed by atoms with Crippen LogP contribution in [0, 0.1) is 6.92 Å². The SMILES string of the molecule is Cc1cc(=O)[nH]c(N2C(=O)/C(=C\c3ccc(Cl)cc3Cl)N=C2c2ccccc2)n1. The minimum atomic E-state index is -0.427. The first-order valence-corrected chi connectivity index (χ1v) is 9.41. The van der Waals surface area contributed by atoms with E-state index in [1.54, 1.807) is 31.2 Å². The molecular formula is C21H14Cl2N4O2. The topological polar surface area (TPSA) is 78.4 Å². The van der Waals surface area contributed by atoms with Crippen molar-refractivity contribution in [3.05, 3.63) is 97.5 Å². The highest BCUT2D eigenvalue weighted by Crippen LogP contribution is 2.28. The Balaban J connectivity index is 1.87. The van der Waals surface area contributed by atoms with Gasteiger partial charge in [0.15, 0.2) is 5.84 Å². The summed E-state index contributed by atoms with van der Waals surface area (Å²) in [5.41, 5.74) is 1.60. The minimum absolute atomic E-state index is 0.105. The molecule has 29 heavy (non-hydrogen) atoms. The van der Waals surface area contributed by atoms with Crippen molar-refractivity contribution < 1.29 is 4.79 Å². The van der Waals surface area contributed by atoms with Crippen molar-refractivity contribution in [2.24, 2.45) is 4.99 Å². The molecule has 1 aromatic heterocycles. The quantitative estimate of drug-likeness (QED) is 0.639. The van der Waals surface area contributed by atoms with E-state index in [1.807, 2.05) is 30.3 Å². The maximum absolute atomic E-state index is 13.2. The molecule has 0 unspecified atom stereocenters. The van der Waals surface area contributed by atoms with Gasteiger partial charge in [0.2, 0.25) is 5.95 Å². The molecule has 144 valence electrons. The van der Waals surface area contributed by atoms with Gasteiger partial charge in [0.05, 0.1) is 0 Å². The molecule has 0 atom stereocenters. The predicted octanol–water partition coefficient (Wildman–Crippen LogP) is 4.22. The largest absolute Gasteiger partial charge is 0.292 e. The fourth-order valence-electron chi connectivity index (χ4n) is 2.93. The molecule has 0 saturated heterocycles. The Morgan fingerprint density at radius 3 is 2.48 bits per heavy atom. The number of aromatic nitrogens is 2. The lowest BCUT2D eigenvalue weighted by molar-refractivity contribution is -0.113. The van der Waals surface area contributed by atoms with Crippen LogP contribution >= 0.6 is 23.2 Å². The molecule has 6 nitrogen and oxygen atoms in total. The molecule has 8 heteroatoms. The van der Waals surface area contributed by atoms with Crippen LogP contribution in [0.25, 0.3) is 6.08 Å². The lowest BCUT2D eigenvalue weighted by Crippen LogP contribution is -2.35. The van der Waals surface area contributed by atoms with Gasteiger partial charge in [0, 0.05) is 27.4 Å². The predicted molar refractivity (Wildman–Crippen MR) is 114 cm³/mol. The summed E-state index contributed by atoms with van der Waals surface area (Å²) in [7, 11) is 0. The molecule has 4 rings (SSSR count). The number of nitrogens with one attached hydrogen (secondary N) is 1. The van der Waals surface area contributed by atoms with Crippen LogP contribution in [0.1, 0.15) is 16.8 Å². The van der Waals surface area contributed by atoms with E-state index in [0.29, 0.717) is 32.7 Å². The highest BCUT2D eigenvalue weighted by molar-refractivity contribution is 6.36. The molecule has 3 aromatic rings. The van der Waals surface area contributed by atoms with Crippen LogP contribution in [0.5, 0.6) is 0 Å². The highest BCUT2D eigenvalue weighted by Gasteiger charge is 2.34. The average molecular weight is 425 g/mol. The van der Waals surface area contributed by atoms with Crippen molar-refractivity contribution in [2.45, 2.75) is 6.92 Å². The maximum Gasteiger partial charge on any atom is 0.285 e. The Bertz CT molecular complexity index is 1230. The minimum Gasteiger partial charge on any atom is -0.292 e. The van der Waals surface area contributed by atoms with Gasteiger partial charge in [-0.25, -0.2) is 14.9 Å². The van der Waals surface area contributed by atoms with Gasteiger partial charge in [-0.3, -0.25) is 14.6 Å². The molecule has 1 aliphatic heterocycles. The van der Waals surface area contributed by atoms with E-state index in [0.717, 1.165) is 0 Å². The average Bonchev–Trinajstić information content (AvgIpc) is 3.00. The second kappa shape index (κ2) is 7.66. The number of aliphatic imine (C=N–C) groups is 1. The summed E-state index contributed by atoms with van der Waals surface area (Å²) < 4.78 is 0. The molecular weight excluding hydrogens is 411 g/mol. The van der Waals surface area contributed by atoms with E-state index in [9.17, 15) is 9.59 Å². The van der Waals surface area contributed by atoms with Crippen molar-refractivity contribution in [2.75, 3.05) is 4.90 Å². The number of hydrogen-bond acceptors (Lipinski definition) is 4. The van der Waals surface area contributed by atoms with Gasteiger partial charge in [0.1, 0.15) is 5.70 Å². The number of aryl methyl sites for hydroxylation is 1. The first-order valence-electron chi connectivity index (χ1n) is 8.65. The molecule has 2 aromatic carbocycles.